The van der Waals surface area contributed by atoms with Gasteiger partial charge in [0.2, 0.25) is 10.0 Å². The predicted molar refractivity (Wildman–Crippen MR) is 94.9 cm³/mol. The molecule has 0 spiro atoms. The summed E-state index contributed by atoms with van der Waals surface area (Å²) < 4.78 is 25.6. The average Bonchev–Trinajstić information content (AvgIpc) is 2.78. The van der Waals surface area contributed by atoms with Crippen molar-refractivity contribution in [3.05, 3.63) is 43.1 Å². The molecule has 1 aromatic carbocycles. The maximum Gasteiger partial charge on any atom is 0.256 e. The van der Waals surface area contributed by atoms with Crippen molar-refractivity contribution in [2.75, 3.05) is 16.3 Å². The van der Waals surface area contributed by atoms with E-state index in [1.54, 1.807) is 17.5 Å². The van der Waals surface area contributed by atoms with Gasteiger partial charge in [0.05, 0.1) is 25.4 Å². The maximum atomic E-state index is 12.0. The second-order valence-corrected chi connectivity index (χ2v) is 9.12. The van der Waals surface area contributed by atoms with Gasteiger partial charge < -0.3 is 5.32 Å². The van der Waals surface area contributed by atoms with Gasteiger partial charge in [0.15, 0.2) is 0 Å². The van der Waals surface area contributed by atoms with E-state index in [9.17, 15) is 13.2 Å². The highest BCUT2D eigenvalue weighted by atomic mass is 127. The molecule has 2 rings (SSSR count). The lowest BCUT2D eigenvalue weighted by Gasteiger charge is -2.09. The van der Waals surface area contributed by atoms with Crippen LogP contribution in [0.5, 0.6) is 0 Å². The predicted octanol–water partition coefficient (Wildman–Crippen LogP) is 3.63. The Labute approximate surface area is 144 Å². The number of thiophene rings is 1. The first kappa shape index (κ1) is 16.5. The molecule has 2 N–H and O–H groups in total. The van der Waals surface area contributed by atoms with Gasteiger partial charge in [-0.2, -0.15) is 0 Å². The molecule has 0 fully saturated rings. The van der Waals surface area contributed by atoms with Gasteiger partial charge in [-0.05, 0) is 46.9 Å². The van der Waals surface area contributed by atoms with Crippen molar-refractivity contribution in [3.63, 3.8) is 0 Å². The summed E-state index contributed by atoms with van der Waals surface area (Å²) >= 11 is 9.61. The van der Waals surface area contributed by atoms with Crippen LogP contribution in [-0.2, 0) is 10.0 Å². The van der Waals surface area contributed by atoms with Gasteiger partial charge in [-0.25, -0.2) is 8.42 Å². The van der Waals surface area contributed by atoms with Crippen LogP contribution in [0, 0.1) is 2.88 Å². The Balaban J connectivity index is 2.15. The maximum absolute atomic E-state index is 12.0. The van der Waals surface area contributed by atoms with E-state index in [0.717, 1.165) is 9.14 Å². The first-order valence-corrected chi connectivity index (χ1v) is 9.80. The van der Waals surface area contributed by atoms with Crippen molar-refractivity contribution < 1.29 is 13.2 Å². The molecule has 0 aliphatic carbocycles. The van der Waals surface area contributed by atoms with Gasteiger partial charge in [-0.15, -0.1) is 11.3 Å². The highest BCUT2D eigenvalue weighted by Crippen LogP contribution is 2.27. The topological polar surface area (TPSA) is 75.3 Å². The molecule has 0 aliphatic heterocycles. The summed E-state index contributed by atoms with van der Waals surface area (Å²) in [7, 11) is -3.40. The van der Waals surface area contributed by atoms with Crippen LogP contribution in [0.3, 0.4) is 0 Å². The molecule has 0 aliphatic rings. The monoisotopic (exact) mass is 456 g/mol. The van der Waals surface area contributed by atoms with Gasteiger partial charge in [0, 0.05) is 11.1 Å². The van der Waals surface area contributed by atoms with Crippen molar-refractivity contribution in [2.24, 2.45) is 0 Å². The van der Waals surface area contributed by atoms with Gasteiger partial charge in [0.1, 0.15) is 0 Å². The highest BCUT2D eigenvalue weighted by Gasteiger charge is 2.11. The third kappa shape index (κ3) is 4.83. The standard InChI is InChI=1S/C12H10ClIN2O3S2/c1-21(18,19)16-10-3-2-8(5-9(10)13)15-12(17)7-4-11(14)20-6-7/h2-6,16H,1H3,(H,15,17). The van der Waals surface area contributed by atoms with Gasteiger partial charge in [-0.1, -0.05) is 11.6 Å². The number of hydrogen-bond donors (Lipinski definition) is 2. The molecule has 9 heteroatoms. The number of carbonyl (C=O) groups is 1. The summed E-state index contributed by atoms with van der Waals surface area (Å²) in [6.45, 7) is 0. The second kappa shape index (κ2) is 6.51. The summed E-state index contributed by atoms with van der Waals surface area (Å²) in [6, 6.07) is 6.34. The fraction of sp³-hybridized carbons (Fsp3) is 0.0833. The molecular formula is C12H10ClIN2O3S2. The van der Waals surface area contributed by atoms with Crippen molar-refractivity contribution >= 4 is 72.8 Å². The Morgan fingerprint density at radius 2 is 2.05 bits per heavy atom. The minimum absolute atomic E-state index is 0.207. The van der Waals surface area contributed by atoms with E-state index >= 15 is 0 Å². The van der Waals surface area contributed by atoms with Crippen LogP contribution in [-0.4, -0.2) is 20.6 Å². The van der Waals surface area contributed by atoms with E-state index in [1.807, 2.05) is 0 Å². The van der Waals surface area contributed by atoms with Crippen LogP contribution in [0.25, 0.3) is 0 Å². The van der Waals surface area contributed by atoms with Crippen molar-refractivity contribution in [1.82, 2.24) is 0 Å². The molecule has 0 saturated heterocycles. The number of amides is 1. The van der Waals surface area contributed by atoms with Crippen LogP contribution in [0.1, 0.15) is 10.4 Å². The summed E-state index contributed by atoms with van der Waals surface area (Å²) in [5, 5.41) is 4.67. The van der Waals surface area contributed by atoms with Gasteiger partial charge in [0.25, 0.3) is 5.91 Å². The average molecular weight is 457 g/mol. The molecule has 1 aromatic heterocycles. The Morgan fingerprint density at radius 3 is 2.57 bits per heavy atom. The first-order valence-electron chi connectivity index (χ1n) is 5.57. The molecule has 21 heavy (non-hydrogen) atoms. The molecule has 5 nitrogen and oxygen atoms in total. The van der Waals surface area contributed by atoms with Crippen LogP contribution in [0.15, 0.2) is 29.6 Å². The molecule has 0 saturated carbocycles. The molecule has 1 amide bonds. The highest BCUT2D eigenvalue weighted by molar-refractivity contribution is 14.1. The van der Waals surface area contributed by atoms with Gasteiger partial charge >= 0.3 is 0 Å². The van der Waals surface area contributed by atoms with Crippen LogP contribution >= 0.6 is 45.5 Å². The number of rotatable bonds is 4. The van der Waals surface area contributed by atoms with E-state index in [2.05, 4.69) is 32.6 Å². The lowest BCUT2D eigenvalue weighted by molar-refractivity contribution is 0.102. The molecule has 0 radical (unpaired) electrons. The lowest BCUT2D eigenvalue weighted by Crippen LogP contribution is -2.12. The van der Waals surface area contributed by atoms with Gasteiger partial charge in [-0.3, -0.25) is 9.52 Å². The number of benzene rings is 1. The summed E-state index contributed by atoms with van der Waals surface area (Å²) in [6.07, 6.45) is 1.04. The number of nitrogens with one attached hydrogen (secondary N) is 2. The van der Waals surface area contributed by atoms with E-state index in [0.29, 0.717) is 11.3 Å². The zero-order chi connectivity index (χ0) is 15.6. The number of halogens is 2. The number of sulfonamides is 1. The molecule has 112 valence electrons. The normalized spacial score (nSPS) is 11.2. The van der Waals surface area contributed by atoms with Crippen molar-refractivity contribution in [3.8, 4) is 0 Å². The first-order chi connectivity index (χ1) is 9.74. The van der Waals surface area contributed by atoms with E-state index in [1.165, 1.54) is 23.5 Å². The molecule has 0 unspecified atom stereocenters. The quantitative estimate of drug-likeness (QED) is 0.690. The number of hydrogen-bond acceptors (Lipinski definition) is 4. The van der Waals surface area contributed by atoms with Crippen molar-refractivity contribution in [2.45, 2.75) is 0 Å². The Hall–Kier alpha value is -0.840. The molecule has 1 heterocycles. The zero-order valence-corrected chi connectivity index (χ0v) is 15.2. The molecular weight excluding hydrogens is 447 g/mol. The smallest absolute Gasteiger partial charge is 0.256 e. The number of anilines is 2. The largest absolute Gasteiger partial charge is 0.322 e. The Morgan fingerprint density at radius 1 is 1.33 bits per heavy atom. The fourth-order valence-electron chi connectivity index (χ4n) is 1.51. The van der Waals surface area contributed by atoms with E-state index in [-0.39, 0.29) is 16.6 Å². The van der Waals surface area contributed by atoms with E-state index < -0.39 is 10.0 Å². The van der Waals surface area contributed by atoms with Crippen LogP contribution in [0.2, 0.25) is 5.02 Å². The molecule has 0 atom stereocenters. The zero-order valence-electron chi connectivity index (χ0n) is 10.7. The molecule has 0 bridgehead atoms. The van der Waals surface area contributed by atoms with Crippen LogP contribution in [0.4, 0.5) is 11.4 Å². The SMILES string of the molecule is CS(=O)(=O)Nc1ccc(NC(=O)c2csc(I)c2)cc1Cl. The Bertz CT molecular complexity index is 790. The van der Waals surface area contributed by atoms with E-state index in [4.69, 9.17) is 11.6 Å². The minimum atomic E-state index is -3.40. The summed E-state index contributed by atoms with van der Waals surface area (Å²) in [4.78, 5) is 12.0. The third-order valence-electron chi connectivity index (χ3n) is 2.35. The third-order valence-corrected chi connectivity index (χ3v) is 5.04. The summed E-state index contributed by atoms with van der Waals surface area (Å²) in [5.41, 5.74) is 1.33. The Kier molecular flexibility index (Phi) is 5.12. The number of carbonyl (C=O) groups excluding carboxylic acids is 1. The summed E-state index contributed by atoms with van der Waals surface area (Å²) in [5.74, 6) is -0.242. The second-order valence-electron chi connectivity index (χ2n) is 4.16. The minimum Gasteiger partial charge on any atom is -0.322 e. The lowest BCUT2D eigenvalue weighted by atomic mass is 10.2. The van der Waals surface area contributed by atoms with Crippen molar-refractivity contribution in [1.29, 1.82) is 0 Å². The molecule has 2 aromatic rings. The van der Waals surface area contributed by atoms with Crippen LogP contribution < -0.4 is 10.0 Å². The fourth-order valence-corrected chi connectivity index (χ4v) is 3.70.